The monoisotopic (exact) mass is 468 g/mol. The van der Waals surface area contributed by atoms with E-state index in [2.05, 4.69) is 16.5 Å². The van der Waals surface area contributed by atoms with E-state index >= 15 is 0 Å². The molecule has 2 aliphatic carbocycles. The van der Waals surface area contributed by atoms with Crippen molar-refractivity contribution in [2.24, 2.45) is 11.7 Å². The zero-order valence-corrected chi connectivity index (χ0v) is 18.3. The molecule has 0 unspecified atom stereocenters. The molecule has 33 heavy (non-hydrogen) atoms. The van der Waals surface area contributed by atoms with Crippen molar-refractivity contribution in [3.05, 3.63) is 11.8 Å². The number of methoxy groups -OCH3 is 1. The quantitative estimate of drug-likeness (QED) is 0.632. The fraction of sp³-hybridized carbons (Fsp3) is 0.714. The number of rotatable bonds is 7. The molecular formula is C21H27F3N6O3. The molecule has 9 nitrogen and oxygen atoms in total. The largest absolute Gasteiger partial charge is 0.419 e. The highest BCUT2D eigenvalue weighted by molar-refractivity contribution is 6.02. The molecule has 2 heterocycles. The van der Waals surface area contributed by atoms with Gasteiger partial charge in [0.25, 0.3) is 5.91 Å². The smallest absolute Gasteiger partial charge is 0.366 e. The number of nitrogens with one attached hydrogen (secondary N) is 1. The van der Waals surface area contributed by atoms with Crippen molar-refractivity contribution in [3.63, 3.8) is 0 Å². The molecule has 0 spiro atoms. The first kappa shape index (κ1) is 23.5. The van der Waals surface area contributed by atoms with Crippen LogP contribution >= 0.6 is 0 Å². The molecule has 1 aromatic heterocycles. The fourth-order valence-corrected chi connectivity index (χ4v) is 4.89. The highest BCUT2D eigenvalue weighted by atomic mass is 19.4. The van der Waals surface area contributed by atoms with Crippen LogP contribution in [0, 0.1) is 17.2 Å². The second kappa shape index (κ2) is 8.29. The second-order valence-electron chi connectivity index (χ2n) is 9.36. The van der Waals surface area contributed by atoms with Gasteiger partial charge in [0.1, 0.15) is 5.56 Å². The summed E-state index contributed by atoms with van der Waals surface area (Å²) < 4.78 is 46.3. The number of anilines is 1. The van der Waals surface area contributed by atoms with Crippen LogP contribution in [0.5, 0.6) is 0 Å². The SMILES string of the molecule is COC1(C(F)(F)F)CN([C@H]2CC[C@](CC#N)(n3cc(C(N)=O)c(NC(=O)C4CC4)n3)CC2)C1. The van der Waals surface area contributed by atoms with Crippen molar-refractivity contribution in [1.29, 1.82) is 5.26 Å². The van der Waals surface area contributed by atoms with E-state index in [4.69, 9.17) is 10.5 Å². The summed E-state index contributed by atoms with van der Waals surface area (Å²) in [6.45, 7) is -0.429. The molecule has 1 aromatic rings. The Labute approximate surface area is 189 Å². The standard InChI is InChI=1S/C21H27F3N6O3/c1-33-20(21(22,23)24)11-29(12-20)14-4-6-19(7-5-14,8-9-25)30-10-15(16(26)31)17(28-30)27-18(32)13-2-3-13/h10,13-14H,2-8,11-12H2,1H3,(H2,26,31)(H,27,28,32)/t14-,19-. The van der Waals surface area contributed by atoms with Crippen LogP contribution in [0.15, 0.2) is 6.20 Å². The third-order valence-corrected chi connectivity index (χ3v) is 7.29. The molecular weight excluding hydrogens is 441 g/mol. The Kier molecular flexibility index (Phi) is 5.90. The van der Waals surface area contributed by atoms with Gasteiger partial charge in [-0.3, -0.25) is 19.2 Å². The predicted octanol–water partition coefficient (Wildman–Crippen LogP) is 2.15. The van der Waals surface area contributed by atoms with Gasteiger partial charge in [-0.1, -0.05) is 0 Å². The van der Waals surface area contributed by atoms with E-state index in [9.17, 15) is 28.0 Å². The van der Waals surface area contributed by atoms with Crippen LogP contribution in [0.1, 0.15) is 55.3 Å². The first-order valence-corrected chi connectivity index (χ1v) is 11.0. The summed E-state index contributed by atoms with van der Waals surface area (Å²) >= 11 is 0. The summed E-state index contributed by atoms with van der Waals surface area (Å²) in [6.07, 6.45) is 0.822. The Morgan fingerprint density at radius 3 is 2.42 bits per heavy atom. The maximum absolute atomic E-state index is 13.3. The van der Waals surface area contributed by atoms with Gasteiger partial charge in [-0.25, -0.2) is 0 Å². The highest BCUT2D eigenvalue weighted by Crippen LogP contribution is 2.46. The van der Waals surface area contributed by atoms with Crippen LogP contribution < -0.4 is 11.1 Å². The molecule has 1 saturated heterocycles. The van der Waals surface area contributed by atoms with Crippen molar-refractivity contribution in [1.82, 2.24) is 14.7 Å². The van der Waals surface area contributed by atoms with Crippen LogP contribution in [0.4, 0.5) is 19.0 Å². The summed E-state index contributed by atoms with van der Waals surface area (Å²) in [7, 11) is 1.08. The minimum Gasteiger partial charge on any atom is -0.366 e. The van der Waals surface area contributed by atoms with Gasteiger partial charge >= 0.3 is 6.18 Å². The van der Waals surface area contributed by atoms with E-state index in [1.807, 2.05) is 0 Å². The number of nitrogens with zero attached hydrogens (tertiary/aromatic N) is 4. The molecule has 3 fully saturated rings. The molecule has 180 valence electrons. The minimum absolute atomic E-state index is 0.0670. The van der Waals surface area contributed by atoms with Crippen LogP contribution in [0.3, 0.4) is 0 Å². The first-order valence-electron chi connectivity index (χ1n) is 11.0. The average molecular weight is 468 g/mol. The van der Waals surface area contributed by atoms with Gasteiger partial charge < -0.3 is 15.8 Å². The Morgan fingerprint density at radius 2 is 1.94 bits per heavy atom. The van der Waals surface area contributed by atoms with Gasteiger partial charge in [-0.15, -0.1) is 0 Å². The number of primary amides is 1. The number of ether oxygens (including phenoxy) is 1. The third kappa shape index (κ3) is 4.19. The molecule has 0 aromatic carbocycles. The molecule has 2 amide bonds. The van der Waals surface area contributed by atoms with E-state index in [0.29, 0.717) is 25.7 Å². The lowest BCUT2D eigenvalue weighted by atomic mass is 9.75. The Morgan fingerprint density at radius 1 is 1.30 bits per heavy atom. The predicted molar refractivity (Wildman–Crippen MR) is 110 cm³/mol. The first-order chi connectivity index (χ1) is 15.5. The maximum atomic E-state index is 13.3. The van der Waals surface area contributed by atoms with Gasteiger partial charge in [0.05, 0.1) is 18.0 Å². The van der Waals surface area contributed by atoms with Crippen LogP contribution in [0.25, 0.3) is 0 Å². The number of amides is 2. The molecule has 2 saturated carbocycles. The van der Waals surface area contributed by atoms with Crippen molar-refractivity contribution >= 4 is 17.6 Å². The zero-order valence-electron chi connectivity index (χ0n) is 18.3. The number of hydrogen-bond acceptors (Lipinski definition) is 6. The Bertz CT molecular complexity index is 967. The van der Waals surface area contributed by atoms with Crippen molar-refractivity contribution in [3.8, 4) is 6.07 Å². The summed E-state index contributed by atoms with van der Waals surface area (Å²) in [5.41, 5.74) is 2.70. The molecule has 4 rings (SSSR count). The lowest BCUT2D eigenvalue weighted by molar-refractivity contribution is -0.316. The number of hydrogen-bond donors (Lipinski definition) is 2. The van der Waals surface area contributed by atoms with Gasteiger partial charge in [0.2, 0.25) is 5.91 Å². The molecule has 1 aliphatic heterocycles. The fourth-order valence-electron chi connectivity index (χ4n) is 4.89. The Balaban J connectivity index is 1.49. The van der Waals surface area contributed by atoms with Gasteiger partial charge in [-0.05, 0) is 38.5 Å². The lowest BCUT2D eigenvalue weighted by Gasteiger charge is -2.54. The molecule has 0 bridgehead atoms. The minimum atomic E-state index is -4.43. The highest BCUT2D eigenvalue weighted by Gasteiger charge is 2.63. The van der Waals surface area contributed by atoms with Crippen LogP contribution in [-0.2, 0) is 15.1 Å². The third-order valence-electron chi connectivity index (χ3n) is 7.29. The summed E-state index contributed by atoms with van der Waals surface area (Å²) in [4.78, 5) is 25.9. The molecule has 3 N–H and O–H groups in total. The van der Waals surface area contributed by atoms with Crippen molar-refractivity contribution in [2.75, 3.05) is 25.5 Å². The topological polar surface area (TPSA) is 126 Å². The Hall–Kier alpha value is -2.65. The lowest BCUT2D eigenvalue weighted by Crippen LogP contribution is -2.72. The summed E-state index contributed by atoms with van der Waals surface area (Å²) in [5, 5.41) is 16.6. The van der Waals surface area contributed by atoms with Crippen molar-refractivity contribution in [2.45, 2.75) is 68.3 Å². The average Bonchev–Trinajstić information content (AvgIpc) is 3.48. The van der Waals surface area contributed by atoms with E-state index in [-0.39, 0.29) is 48.8 Å². The number of nitrogens with two attached hydrogens (primary N) is 1. The molecule has 0 atom stereocenters. The van der Waals surface area contributed by atoms with Gasteiger partial charge in [0.15, 0.2) is 11.4 Å². The number of halogens is 3. The summed E-state index contributed by atoms with van der Waals surface area (Å²) in [5.74, 6) is -0.967. The van der Waals surface area contributed by atoms with Crippen LogP contribution in [0.2, 0.25) is 0 Å². The van der Waals surface area contributed by atoms with E-state index in [1.165, 1.54) is 6.20 Å². The number of alkyl halides is 3. The zero-order chi connectivity index (χ0) is 24.0. The van der Waals surface area contributed by atoms with E-state index < -0.39 is 23.2 Å². The number of carbonyl (C=O) groups is 2. The van der Waals surface area contributed by atoms with E-state index in [0.717, 1.165) is 20.0 Å². The molecule has 12 heteroatoms. The molecule has 3 aliphatic rings. The van der Waals surface area contributed by atoms with Gasteiger partial charge in [-0.2, -0.15) is 23.5 Å². The van der Waals surface area contributed by atoms with E-state index in [1.54, 1.807) is 9.58 Å². The number of likely N-dealkylation sites (tertiary alicyclic amines) is 1. The number of aromatic nitrogens is 2. The summed E-state index contributed by atoms with van der Waals surface area (Å²) in [6, 6.07) is 2.10. The van der Waals surface area contributed by atoms with Crippen LogP contribution in [-0.4, -0.2) is 64.5 Å². The molecule has 0 radical (unpaired) electrons. The number of nitriles is 1. The normalized spacial score (nSPS) is 27.4. The second-order valence-corrected chi connectivity index (χ2v) is 9.36. The number of carbonyl (C=O) groups excluding carboxylic acids is 2. The van der Waals surface area contributed by atoms with Crippen molar-refractivity contribution < 1.29 is 27.5 Å². The maximum Gasteiger partial charge on any atom is 0.419 e. The van der Waals surface area contributed by atoms with Gasteiger partial charge in [0, 0.05) is 38.4 Å².